The minimum atomic E-state index is 0.619. The van der Waals surface area contributed by atoms with Crippen molar-refractivity contribution in [2.45, 2.75) is 46.6 Å². The molecule has 20 heavy (non-hydrogen) atoms. The van der Waals surface area contributed by atoms with E-state index in [4.69, 9.17) is 9.47 Å². The standard InChI is InChI=1S/C17H29NO2/c1-4-6-10-19-11-12-20-17-8-7-15(3)13-16(17)14-18-9-5-2/h7-8,13,18H,4-6,9-12,14H2,1-3H3. The molecule has 0 spiro atoms. The average Bonchev–Trinajstić information content (AvgIpc) is 2.45. The molecule has 0 aliphatic carbocycles. The van der Waals surface area contributed by atoms with Crippen molar-refractivity contribution >= 4 is 0 Å². The van der Waals surface area contributed by atoms with Gasteiger partial charge in [-0.2, -0.15) is 0 Å². The van der Waals surface area contributed by atoms with Gasteiger partial charge < -0.3 is 14.8 Å². The van der Waals surface area contributed by atoms with Gasteiger partial charge in [0.1, 0.15) is 12.4 Å². The maximum absolute atomic E-state index is 5.84. The zero-order chi connectivity index (χ0) is 14.6. The van der Waals surface area contributed by atoms with Crippen LogP contribution in [0.3, 0.4) is 0 Å². The van der Waals surface area contributed by atoms with E-state index in [0.29, 0.717) is 13.2 Å². The highest BCUT2D eigenvalue weighted by Crippen LogP contribution is 2.20. The summed E-state index contributed by atoms with van der Waals surface area (Å²) in [6.45, 7) is 10.5. The summed E-state index contributed by atoms with van der Waals surface area (Å²) >= 11 is 0. The Labute approximate surface area is 123 Å². The molecule has 0 amide bonds. The third kappa shape index (κ3) is 6.92. The summed E-state index contributed by atoms with van der Waals surface area (Å²) in [7, 11) is 0. The highest BCUT2D eigenvalue weighted by atomic mass is 16.5. The molecule has 0 saturated heterocycles. The van der Waals surface area contributed by atoms with Gasteiger partial charge in [-0.3, -0.25) is 0 Å². The van der Waals surface area contributed by atoms with E-state index in [9.17, 15) is 0 Å². The Morgan fingerprint density at radius 1 is 1.05 bits per heavy atom. The number of rotatable bonds is 11. The van der Waals surface area contributed by atoms with E-state index in [1.807, 2.05) is 0 Å². The van der Waals surface area contributed by atoms with Crippen molar-refractivity contribution in [2.75, 3.05) is 26.4 Å². The molecule has 0 unspecified atom stereocenters. The first-order chi connectivity index (χ1) is 9.77. The Bertz CT molecular complexity index is 366. The van der Waals surface area contributed by atoms with E-state index in [1.54, 1.807) is 0 Å². The van der Waals surface area contributed by atoms with Gasteiger partial charge in [0, 0.05) is 18.7 Å². The predicted molar refractivity (Wildman–Crippen MR) is 84.4 cm³/mol. The predicted octanol–water partition coefficient (Wildman–Crippen LogP) is 3.69. The van der Waals surface area contributed by atoms with Crippen molar-refractivity contribution in [3.05, 3.63) is 29.3 Å². The number of ether oxygens (including phenoxy) is 2. The van der Waals surface area contributed by atoms with Crippen molar-refractivity contribution < 1.29 is 9.47 Å². The number of unbranched alkanes of at least 4 members (excludes halogenated alkanes) is 1. The van der Waals surface area contributed by atoms with E-state index < -0.39 is 0 Å². The van der Waals surface area contributed by atoms with Gasteiger partial charge in [-0.1, -0.05) is 38.0 Å². The Morgan fingerprint density at radius 3 is 2.65 bits per heavy atom. The van der Waals surface area contributed by atoms with Crippen LogP contribution in [0.15, 0.2) is 18.2 Å². The first kappa shape index (κ1) is 17.0. The highest BCUT2D eigenvalue weighted by molar-refractivity contribution is 5.36. The third-order valence-electron chi connectivity index (χ3n) is 3.09. The van der Waals surface area contributed by atoms with Crippen LogP contribution in [-0.4, -0.2) is 26.4 Å². The lowest BCUT2D eigenvalue weighted by molar-refractivity contribution is 0.0977. The molecule has 1 aromatic rings. The fraction of sp³-hybridized carbons (Fsp3) is 0.647. The van der Waals surface area contributed by atoms with Crippen LogP contribution >= 0.6 is 0 Å². The number of nitrogens with one attached hydrogen (secondary N) is 1. The molecule has 0 aliphatic heterocycles. The van der Waals surface area contributed by atoms with Gasteiger partial charge in [0.15, 0.2) is 0 Å². The van der Waals surface area contributed by atoms with Crippen molar-refractivity contribution in [1.82, 2.24) is 5.32 Å². The summed E-state index contributed by atoms with van der Waals surface area (Å²) in [4.78, 5) is 0. The summed E-state index contributed by atoms with van der Waals surface area (Å²) in [6.07, 6.45) is 3.44. The van der Waals surface area contributed by atoms with Crippen molar-refractivity contribution in [3.63, 3.8) is 0 Å². The molecule has 1 N–H and O–H groups in total. The molecule has 0 radical (unpaired) electrons. The van der Waals surface area contributed by atoms with E-state index in [2.05, 4.69) is 44.3 Å². The maximum atomic E-state index is 5.84. The van der Waals surface area contributed by atoms with Crippen LogP contribution in [0, 0.1) is 6.92 Å². The zero-order valence-corrected chi connectivity index (χ0v) is 13.2. The molecule has 0 fully saturated rings. The molecular weight excluding hydrogens is 250 g/mol. The number of aryl methyl sites for hydroxylation is 1. The van der Waals surface area contributed by atoms with Crippen molar-refractivity contribution in [1.29, 1.82) is 0 Å². The van der Waals surface area contributed by atoms with Gasteiger partial charge in [-0.15, -0.1) is 0 Å². The second kappa shape index (κ2) is 10.7. The van der Waals surface area contributed by atoms with Crippen LogP contribution in [0.5, 0.6) is 5.75 Å². The summed E-state index contributed by atoms with van der Waals surface area (Å²) < 4.78 is 11.4. The minimum absolute atomic E-state index is 0.619. The Hall–Kier alpha value is -1.06. The largest absolute Gasteiger partial charge is 0.491 e. The molecule has 0 saturated carbocycles. The fourth-order valence-corrected chi connectivity index (χ4v) is 1.95. The molecule has 0 aromatic heterocycles. The van der Waals surface area contributed by atoms with Crippen molar-refractivity contribution in [2.24, 2.45) is 0 Å². The summed E-state index contributed by atoms with van der Waals surface area (Å²) in [5.41, 5.74) is 2.50. The SMILES string of the molecule is CCCCOCCOc1ccc(C)cc1CNCCC. The first-order valence-corrected chi connectivity index (χ1v) is 7.78. The summed E-state index contributed by atoms with van der Waals surface area (Å²) in [5, 5.41) is 3.43. The Kier molecular flexibility index (Phi) is 9.09. The highest BCUT2D eigenvalue weighted by Gasteiger charge is 2.04. The van der Waals surface area contributed by atoms with Crippen LogP contribution in [0.2, 0.25) is 0 Å². The number of benzene rings is 1. The van der Waals surface area contributed by atoms with Crippen LogP contribution < -0.4 is 10.1 Å². The van der Waals surface area contributed by atoms with E-state index in [1.165, 1.54) is 17.5 Å². The van der Waals surface area contributed by atoms with Gasteiger partial charge in [0.25, 0.3) is 0 Å². The Morgan fingerprint density at radius 2 is 1.90 bits per heavy atom. The van der Waals surface area contributed by atoms with Gasteiger partial charge in [-0.25, -0.2) is 0 Å². The molecule has 1 aromatic carbocycles. The molecule has 0 aliphatic rings. The molecule has 114 valence electrons. The number of hydrogen-bond donors (Lipinski definition) is 1. The topological polar surface area (TPSA) is 30.5 Å². The van der Waals surface area contributed by atoms with Gasteiger partial charge >= 0.3 is 0 Å². The van der Waals surface area contributed by atoms with E-state index in [-0.39, 0.29) is 0 Å². The molecule has 1 rings (SSSR count). The van der Waals surface area contributed by atoms with Crippen molar-refractivity contribution in [3.8, 4) is 5.75 Å². The zero-order valence-electron chi connectivity index (χ0n) is 13.2. The monoisotopic (exact) mass is 279 g/mol. The normalized spacial score (nSPS) is 10.8. The second-order valence-corrected chi connectivity index (χ2v) is 5.10. The van der Waals surface area contributed by atoms with E-state index in [0.717, 1.165) is 38.3 Å². The molecule has 0 bridgehead atoms. The lowest BCUT2D eigenvalue weighted by atomic mass is 10.1. The molecular formula is C17H29NO2. The lowest BCUT2D eigenvalue weighted by Gasteiger charge is -2.13. The second-order valence-electron chi connectivity index (χ2n) is 5.10. The molecule has 3 nitrogen and oxygen atoms in total. The average molecular weight is 279 g/mol. The smallest absolute Gasteiger partial charge is 0.123 e. The first-order valence-electron chi connectivity index (χ1n) is 7.78. The molecule has 3 heteroatoms. The maximum Gasteiger partial charge on any atom is 0.123 e. The minimum Gasteiger partial charge on any atom is -0.491 e. The number of hydrogen-bond acceptors (Lipinski definition) is 3. The molecule has 0 heterocycles. The molecule has 0 atom stereocenters. The van der Waals surface area contributed by atoms with Crippen LogP contribution in [0.25, 0.3) is 0 Å². The van der Waals surface area contributed by atoms with E-state index >= 15 is 0 Å². The van der Waals surface area contributed by atoms with Crippen LogP contribution in [0.1, 0.15) is 44.2 Å². The summed E-state index contributed by atoms with van der Waals surface area (Å²) in [6, 6.07) is 6.34. The van der Waals surface area contributed by atoms with Gasteiger partial charge in [0.2, 0.25) is 0 Å². The quantitative estimate of drug-likeness (QED) is 0.627. The van der Waals surface area contributed by atoms with Crippen LogP contribution in [-0.2, 0) is 11.3 Å². The van der Waals surface area contributed by atoms with Crippen LogP contribution in [0.4, 0.5) is 0 Å². The fourth-order valence-electron chi connectivity index (χ4n) is 1.95. The third-order valence-corrected chi connectivity index (χ3v) is 3.09. The van der Waals surface area contributed by atoms with Gasteiger partial charge in [-0.05, 0) is 32.4 Å². The Balaban J connectivity index is 2.38. The summed E-state index contributed by atoms with van der Waals surface area (Å²) in [5.74, 6) is 0.971. The lowest BCUT2D eigenvalue weighted by Crippen LogP contribution is -2.15. The van der Waals surface area contributed by atoms with Gasteiger partial charge in [0.05, 0.1) is 6.61 Å².